The molecule has 0 aliphatic heterocycles. The van der Waals surface area contributed by atoms with Gasteiger partial charge in [-0.2, -0.15) is 5.10 Å². The van der Waals surface area contributed by atoms with E-state index in [-0.39, 0.29) is 17.8 Å². The average Bonchev–Trinajstić information content (AvgIpc) is 3.16. The molecule has 1 aromatic heterocycles. The second kappa shape index (κ2) is 14.9. The fourth-order valence-electron chi connectivity index (χ4n) is 3.55. The molecule has 0 atom stereocenters. The lowest BCUT2D eigenvalue weighted by atomic mass is 10.1. The predicted octanol–water partition coefficient (Wildman–Crippen LogP) is 8.42. The molecule has 2 rings (SSSR count). The van der Waals surface area contributed by atoms with Crippen LogP contribution in [0.2, 0.25) is 0 Å². The van der Waals surface area contributed by atoms with Crippen molar-refractivity contribution in [1.82, 2.24) is 14.7 Å². The molecule has 6 nitrogen and oxygen atoms in total. The minimum Gasteiger partial charge on any atom is -0.444 e. The van der Waals surface area contributed by atoms with Crippen LogP contribution in [0.15, 0.2) is 30.3 Å². The van der Waals surface area contributed by atoms with Crippen molar-refractivity contribution in [2.45, 2.75) is 105 Å². The normalized spacial score (nSPS) is 11.7. The van der Waals surface area contributed by atoms with Crippen LogP contribution in [0.3, 0.4) is 0 Å². The van der Waals surface area contributed by atoms with Crippen molar-refractivity contribution in [3.05, 3.63) is 41.7 Å². The summed E-state index contributed by atoms with van der Waals surface area (Å²) in [6.45, 7) is 17.6. The third-order valence-corrected chi connectivity index (χ3v) is 5.19. The molecule has 9 heteroatoms. The zero-order valence-corrected chi connectivity index (χ0v) is 23.6. The van der Waals surface area contributed by atoms with E-state index in [2.05, 4.69) is 23.7 Å². The van der Waals surface area contributed by atoms with E-state index in [0.717, 1.165) is 37.3 Å². The smallest absolute Gasteiger partial charge is 0.444 e. The number of carbonyl (C=O) groups is 1. The molecule has 37 heavy (non-hydrogen) atoms. The Morgan fingerprint density at radius 1 is 1.00 bits per heavy atom. The fraction of sp³-hybridized carbons (Fsp3) is 0.643. The maximum Gasteiger partial charge on any atom is 0.573 e. The molecule has 1 amide bonds. The van der Waals surface area contributed by atoms with Gasteiger partial charge in [0.15, 0.2) is 0 Å². The molecule has 210 valence electrons. The summed E-state index contributed by atoms with van der Waals surface area (Å²) in [4.78, 5) is 13.8. The number of aryl methyl sites for hydroxylation is 1. The van der Waals surface area contributed by atoms with Crippen LogP contribution in [0.4, 0.5) is 18.0 Å². The summed E-state index contributed by atoms with van der Waals surface area (Å²) in [6, 6.07) is 7.64. The Morgan fingerprint density at radius 2 is 1.62 bits per heavy atom. The first-order valence-corrected chi connectivity index (χ1v) is 13.1. The van der Waals surface area contributed by atoms with Crippen molar-refractivity contribution < 1.29 is 27.4 Å². The first-order valence-electron chi connectivity index (χ1n) is 13.1. The van der Waals surface area contributed by atoms with E-state index in [9.17, 15) is 18.0 Å². The molecule has 0 aliphatic carbocycles. The highest BCUT2D eigenvalue weighted by Crippen LogP contribution is 2.25. The highest BCUT2D eigenvalue weighted by Gasteiger charge is 2.31. The molecule has 1 heterocycles. The van der Waals surface area contributed by atoms with Gasteiger partial charge in [0.05, 0.1) is 11.4 Å². The second-order valence-corrected chi connectivity index (χ2v) is 10.3. The van der Waals surface area contributed by atoms with Crippen LogP contribution in [0.1, 0.15) is 97.9 Å². The Labute approximate surface area is 220 Å². The van der Waals surface area contributed by atoms with Gasteiger partial charge in [-0.15, -0.1) is 13.2 Å². The number of hydrogen-bond acceptors (Lipinski definition) is 4. The zero-order chi connectivity index (χ0) is 28.2. The first-order chi connectivity index (χ1) is 17.2. The van der Waals surface area contributed by atoms with E-state index in [1.54, 1.807) is 16.8 Å². The summed E-state index contributed by atoms with van der Waals surface area (Å²) >= 11 is 0. The number of unbranched alkanes of at least 4 members (excludes halogenated alkanes) is 3. The van der Waals surface area contributed by atoms with Crippen LogP contribution in [0, 0.1) is 6.92 Å². The lowest BCUT2D eigenvalue weighted by Gasteiger charge is -2.27. The molecule has 2 aromatic rings. The molecule has 0 spiro atoms. The van der Waals surface area contributed by atoms with E-state index >= 15 is 0 Å². The van der Waals surface area contributed by atoms with Crippen molar-refractivity contribution in [3.8, 4) is 11.4 Å². The summed E-state index contributed by atoms with van der Waals surface area (Å²) in [5, 5.41) is 4.36. The lowest BCUT2D eigenvalue weighted by Crippen LogP contribution is -2.37. The molecule has 0 bridgehead atoms. The monoisotopic (exact) mass is 527 g/mol. The number of ether oxygens (including phenoxy) is 2. The SMILES string of the molecule is CCCCCCN(CCC)C(=O)OC(C)(C)C.Cc1cc(C(C)C)n(-c2ccc(OC(F)(F)F)cc2)n1. The Kier molecular flexibility index (Phi) is 13.0. The van der Waals surface area contributed by atoms with Crippen molar-refractivity contribution in [1.29, 1.82) is 0 Å². The van der Waals surface area contributed by atoms with Gasteiger partial charge in [-0.25, -0.2) is 9.48 Å². The fourth-order valence-corrected chi connectivity index (χ4v) is 3.55. The van der Waals surface area contributed by atoms with Gasteiger partial charge in [-0.1, -0.05) is 47.0 Å². The van der Waals surface area contributed by atoms with Gasteiger partial charge < -0.3 is 14.4 Å². The summed E-state index contributed by atoms with van der Waals surface area (Å²) in [7, 11) is 0. The minimum atomic E-state index is -4.67. The van der Waals surface area contributed by atoms with E-state index in [1.165, 1.54) is 31.4 Å². The largest absolute Gasteiger partial charge is 0.573 e. The zero-order valence-electron chi connectivity index (χ0n) is 23.6. The maximum atomic E-state index is 12.1. The molecule has 0 saturated heterocycles. The number of carbonyl (C=O) groups excluding carboxylic acids is 1. The summed E-state index contributed by atoms with van der Waals surface area (Å²) < 4.78 is 47.3. The third kappa shape index (κ3) is 12.9. The summed E-state index contributed by atoms with van der Waals surface area (Å²) in [5.74, 6) is 0.0264. The molecule has 0 N–H and O–H groups in total. The summed E-state index contributed by atoms with van der Waals surface area (Å²) in [6.07, 6.45) is 0.872. The predicted molar refractivity (Wildman–Crippen MR) is 141 cm³/mol. The average molecular weight is 528 g/mol. The topological polar surface area (TPSA) is 56.6 Å². The number of alkyl halides is 3. The number of nitrogens with zero attached hydrogens (tertiary/aromatic N) is 3. The minimum absolute atomic E-state index is 0.171. The van der Waals surface area contributed by atoms with Crippen molar-refractivity contribution in [3.63, 3.8) is 0 Å². The van der Waals surface area contributed by atoms with Gasteiger partial charge in [0.1, 0.15) is 11.4 Å². The number of amides is 1. The first kappa shape index (κ1) is 32.3. The number of aromatic nitrogens is 2. The van der Waals surface area contributed by atoms with Crippen LogP contribution in [0.25, 0.3) is 5.69 Å². The molecule has 0 fully saturated rings. The van der Waals surface area contributed by atoms with E-state index < -0.39 is 12.0 Å². The molecule has 0 saturated carbocycles. The number of benzene rings is 1. The van der Waals surface area contributed by atoms with E-state index in [1.807, 2.05) is 52.5 Å². The third-order valence-electron chi connectivity index (χ3n) is 5.19. The van der Waals surface area contributed by atoms with Crippen LogP contribution < -0.4 is 4.74 Å². The molecule has 1 aromatic carbocycles. The van der Waals surface area contributed by atoms with Crippen molar-refractivity contribution in [2.24, 2.45) is 0 Å². The van der Waals surface area contributed by atoms with Crippen LogP contribution in [-0.2, 0) is 4.74 Å². The lowest BCUT2D eigenvalue weighted by molar-refractivity contribution is -0.274. The Bertz CT molecular complexity index is 933. The van der Waals surface area contributed by atoms with Gasteiger partial charge in [0.25, 0.3) is 0 Å². The summed E-state index contributed by atoms with van der Waals surface area (Å²) in [5.41, 5.74) is 2.18. The second-order valence-electron chi connectivity index (χ2n) is 10.3. The maximum absolute atomic E-state index is 12.1. The number of hydrogen-bond donors (Lipinski definition) is 0. The van der Waals surface area contributed by atoms with Crippen LogP contribution in [0.5, 0.6) is 5.75 Å². The molecule has 0 aliphatic rings. The van der Waals surface area contributed by atoms with E-state index in [0.29, 0.717) is 5.69 Å². The van der Waals surface area contributed by atoms with Gasteiger partial charge in [0, 0.05) is 18.8 Å². The van der Waals surface area contributed by atoms with Crippen LogP contribution in [-0.4, -0.2) is 45.8 Å². The Balaban J connectivity index is 0.000000377. The Hall–Kier alpha value is -2.71. The quantitative estimate of drug-likeness (QED) is 0.291. The van der Waals surface area contributed by atoms with E-state index in [4.69, 9.17) is 4.74 Å². The number of rotatable bonds is 10. The van der Waals surface area contributed by atoms with Gasteiger partial charge >= 0.3 is 12.5 Å². The van der Waals surface area contributed by atoms with Gasteiger partial charge in [0.2, 0.25) is 0 Å². The molecular weight excluding hydrogens is 483 g/mol. The highest BCUT2D eigenvalue weighted by atomic mass is 19.4. The highest BCUT2D eigenvalue weighted by molar-refractivity contribution is 5.68. The molecule has 0 unspecified atom stereocenters. The van der Waals surface area contributed by atoms with Crippen LogP contribution >= 0.6 is 0 Å². The van der Waals surface area contributed by atoms with Gasteiger partial charge in [-0.05, 0) is 76.8 Å². The molecule has 0 radical (unpaired) electrons. The van der Waals surface area contributed by atoms with Crippen molar-refractivity contribution in [2.75, 3.05) is 13.1 Å². The van der Waals surface area contributed by atoms with Gasteiger partial charge in [-0.3, -0.25) is 0 Å². The molecular formula is C28H44F3N3O3. The van der Waals surface area contributed by atoms with Crippen molar-refractivity contribution >= 4 is 6.09 Å². The standard InChI is InChI=1S/C14H15F3N2O.C14H29NO2/c1-9(2)13-8-10(3)18-19(13)11-4-6-12(7-5-11)20-14(15,16)17;1-6-8-9-10-12-15(11-7-2)13(16)17-14(3,4)5/h4-9H,1-3H3;6-12H2,1-5H3. The number of halogens is 3. The Morgan fingerprint density at radius 3 is 2.11 bits per heavy atom.